The third-order valence-corrected chi connectivity index (χ3v) is 4.44. The topological polar surface area (TPSA) is 90.5 Å². The highest BCUT2D eigenvalue weighted by molar-refractivity contribution is 6.05. The van der Waals surface area contributed by atoms with Gasteiger partial charge in [0.25, 0.3) is 5.91 Å². The first-order chi connectivity index (χ1) is 13.3. The number of hydrogen-bond donors (Lipinski definition) is 3. The van der Waals surface area contributed by atoms with E-state index in [1.807, 2.05) is 26.0 Å². The normalized spacial score (nSPS) is 12.5. The molecule has 28 heavy (non-hydrogen) atoms. The fourth-order valence-corrected chi connectivity index (χ4v) is 3.14. The summed E-state index contributed by atoms with van der Waals surface area (Å²) in [4.78, 5) is 37.6. The van der Waals surface area contributed by atoms with Crippen molar-refractivity contribution in [3.63, 3.8) is 0 Å². The first kappa shape index (κ1) is 19.4. The van der Waals surface area contributed by atoms with E-state index in [0.717, 1.165) is 17.7 Å². The van der Waals surface area contributed by atoms with Crippen molar-refractivity contribution in [1.82, 2.24) is 5.32 Å². The Balaban J connectivity index is 1.64. The number of rotatable bonds is 4. The summed E-state index contributed by atoms with van der Waals surface area (Å²) in [6.45, 7) is 5.96. The summed E-state index contributed by atoms with van der Waals surface area (Å²) in [6, 6.07) is 12.1. The van der Waals surface area contributed by atoms with E-state index in [2.05, 4.69) is 16.0 Å². The van der Waals surface area contributed by atoms with Crippen LogP contribution >= 0.6 is 0 Å². The van der Waals surface area contributed by atoms with E-state index in [4.69, 9.17) is 0 Å². The summed E-state index contributed by atoms with van der Waals surface area (Å²) in [5, 5.41) is 8.33. The Morgan fingerprint density at radius 3 is 2.21 bits per heavy atom. The molecule has 3 rings (SSSR count). The van der Waals surface area contributed by atoms with Crippen molar-refractivity contribution < 1.29 is 14.4 Å². The van der Waals surface area contributed by atoms with Gasteiger partial charge in [0, 0.05) is 42.1 Å². The van der Waals surface area contributed by atoms with Crippen LogP contribution in [0, 0.1) is 0 Å². The molecular formula is C21H24N4O3. The number of benzene rings is 2. The molecule has 0 bridgehead atoms. The summed E-state index contributed by atoms with van der Waals surface area (Å²) >= 11 is 0. The van der Waals surface area contributed by atoms with Gasteiger partial charge in [0.2, 0.25) is 5.91 Å². The molecule has 0 spiro atoms. The Hall–Kier alpha value is -3.35. The number of amides is 4. The zero-order valence-corrected chi connectivity index (χ0v) is 16.2. The number of carbonyl (C=O) groups is 3. The number of nitrogens with zero attached hydrogens (tertiary/aromatic N) is 1. The smallest absolute Gasteiger partial charge is 0.319 e. The molecule has 3 N–H and O–H groups in total. The Kier molecular flexibility index (Phi) is 5.63. The molecule has 1 heterocycles. The van der Waals surface area contributed by atoms with Gasteiger partial charge in [-0.05, 0) is 68.3 Å². The molecule has 0 saturated carbocycles. The van der Waals surface area contributed by atoms with Gasteiger partial charge in [-0.3, -0.25) is 9.59 Å². The third kappa shape index (κ3) is 4.49. The van der Waals surface area contributed by atoms with E-state index in [0.29, 0.717) is 23.5 Å². The van der Waals surface area contributed by atoms with Gasteiger partial charge >= 0.3 is 6.03 Å². The highest BCUT2D eigenvalue weighted by atomic mass is 16.2. The summed E-state index contributed by atoms with van der Waals surface area (Å²) in [5.74, 6) is -0.214. The maximum Gasteiger partial charge on any atom is 0.319 e. The van der Waals surface area contributed by atoms with E-state index < -0.39 is 0 Å². The van der Waals surface area contributed by atoms with E-state index >= 15 is 0 Å². The van der Waals surface area contributed by atoms with Gasteiger partial charge in [0.1, 0.15) is 0 Å². The van der Waals surface area contributed by atoms with Crippen molar-refractivity contribution in [3.05, 3.63) is 53.6 Å². The molecule has 2 aromatic rings. The SMILES string of the molecule is CC(=O)N1CCc2cc(C(=O)Nc3ccc(NC(=O)NC(C)C)cc3)ccc21. The molecule has 146 valence electrons. The van der Waals surface area contributed by atoms with Crippen molar-refractivity contribution in [1.29, 1.82) is 0 Å². The van der Waals surface area contributed by atoms with Gasteiger partial charge in [0.15, 0.2) is 0 Å². The van der Waals surface area contributed by atoms with Crippen LogP contribution in [0.4, 0.5) is 21.9 Å². The first-order valence-corrected chi connectivity index (χ1v) is 9.23. The Labute approximate surface area is 164 Å². The fourth-order valence-electron chi connectivity index (χ4n) is 3.14. The van der Waals surface area contributed by atoms with Gasteiger partial charge in [-0.1, -0.05) is 0 Å². The summed E-state index contributed by atoms with van der Waals surface area (Å²) in [7, 11) is 0. The zero-order valence-electron chi connectivity index (χ0n) is 16.2. The zero-order chi connectivity index (χ0) is 20.3. The first-order valence-electron chi connectivity index (χ1n) is 9.23. The molecule has 0 aliphatic carbocycles. The Morgan fingerprint density at radius 1 is 0.964 bits per heavy atom. The predicted molar refractivity (Wildman–Crippen MR) is 110 cm³/mol. The number of carbonyl (C=O) groups excluding carboxylic acids is 3. The second-order valence-electron chi connectivity index (χ2n) is 7.05. The maximum atomic E-state index is 12.5. The molecule has 2 aromatic carbocycles. The van der Waals surface area contributed by atoms with E-state index in [-0.39, 0.29) is 23.9 Å². The minimum atomic E-state index is -0.274. The Bertz CT molecular complexity index is 906. The molecule has 0 unspecified atom stereocenters. The average Bonchev–Trinajstić information content (AvgIpc) is 3.06. The number of anilines is 3. The summed E-state index contributed by atoms with van der Waals surface area (Å²) < 4.78 is 0. The molecule has 0 radical (unpaired) electrons. The molecule has 7 nitrogen and oxygen atoms in total. The molecule has 0 aromatic heterocycles. The molecule has 4 amide bonds. The second kappa shape index (κ2) is 8.12. The van der Waals surface area contributed by atoms with Crippen LogP contribution in [0.3, 0.4) is 0 Å². The van der Waals surface area contributed by atoms with Gasteiger partial charge < -0.3 is 20.9 Å². The number of urea groups is 1. The van der Waals surface area contributed by atoms with Crippen molar-refractivity contribution in [3.8, 4) is 0 Å². The monoisotopic (exact) mass is 380 g/mol. The van der Waals surface area contributed by atoms with Crippen LogP contribution in [0.1, 0.15) is 36.7 Å². The van der Waals surface area contributed by atoms with Crippen LogP contribution < -0.4 is 20.9 Å². The van der Waals surface area contributed by atoms with Crippen LogP contribution in [0.2, 0.25) is 0 Å². The van der Waals surface area contributed by atoms with Crippen molar-refractivity contribution in [2.75, 3.05) is 22.1 Å². The predicted octanol–water partition coefficient (Wildman–Crippen LogP) is 3.38. The van der Waals surface area contributed by atoms with Gasteiger partial charge in [-0.2, -0.15) is 0 Å². The van der Waals surface area contributed by atoms with Crippen LogP contribution in [0.5, 0.6) is 0 Å². The highest BCUT2D eigenvalue weighted by Crippen LogP contribution is 2.29. The Morgan fingerprint density at radius 2 is 1.61 bits per heavy atom. The van der Waals surface area contributed by atoms with Crippen LogP contribution in [-0.2, 0) is 11.2 Å². The molecule has 1 aliphatic rings. The van der Waals surface area contributed by atoms with Gasteiger partial charge in [-0.25, -0.2) is 4.79 Å². The molecule has 7 heteroatoms. The third-order valence-electron chi connectivity index (χ3n) is 4.44. The molecule has 0 saturated heterocycles. The molecule has 1 aliphatic heterocycles. The number of fused-ring (bicyclic) bond motifs is 1. The lowest BCUT2D eigenvalue weighted by molar-refractivity contribution is -0.116. The summed E-state index contributed by atoms with van der Waals surface area (Å²) in [6.07, 6.45) is 0.745. The van der Waals surface area contributed by atoms with Crippen LogP contribution in [-0.4, -0.2) is 30.4 Å². The molecule has 0 atom stereocenters. The minimum Gasteiger partial charge on any atom is -0.336 e. The average molecular weight is 380 g/mol. The largest absolute Gasteiger partial charge is 0.336 e. The maximum absolute atomic E-state index is 12.5. The highest BCUT2D eigenvalue weighted by Gasteiger charge is 2.23. The standard InChI is InChI=1S/C21H24N4O3/c1-13(2)22-21(28)24-18-7-5-17(6-8-18)23-20(27)16-4-9-19-15(12-16)10-11-25(19)14(3)26/h4-9,12-13H,10-11H2,1-3H3,(H,23,27)(H2,22,24,28). The lowest BCUT2D eigenvalue weighted by Gasteiger charge is -2.15. The van der Waals surface area contributed by atoms with E-state index in [1.54, 1.807) is 42.2 Å². The van der Waals surface area contributed by atoms with Crippen LogP contribution in [0.15, 0.2) is 42.5 Å². The van der Waals surface area contributed by atoms with E-state index in [1.165, 1.54) is 0 Å². The van der Waals surface area contributed by atoms with Crippen molar-refractivity contribution >= 4 is 34.9 Å². The van der Waals surface area contributed by atoms with Gasteiger partial charge in [0.05, 0.1) is 0 Å². The van der Waals surface area contributed by atoms with Gasteiger partial charge in [-0.15, -0.1) is 0 Å². The quantitative estimate of drug-likeness (QED) is 0.759. The fraction of sp³-hybridized carbons (Fsp3) is 0.286. The van der Waals surface area contributed by atoms with Crippen molar-refractivity contribution in [2.45, 2.75) is 33.2 Å². The number of hydrogen-bond acceptors (Lipinski definition) is 3. The van der Waals surface area contributed by atoms with Crippen LogP contribution in [0.25, 0.3) is 0 Å². The lowest BCUT2D eigenvalue weighted by atomic mass is 10.1. The minimum absolute atomic E-state index is 0.00623. The lowest BCUT2D eigenvalue weighted by Crippen LogP contribution is -2.34. The van der Waals surface area contributed by atoms with E-state index in [9.17, 15) is 14.4 Å². The molecule has 0 fully saturated rings. The second-order valence-corrected chi connectivity index (χ2v) is 7.05. The summed E-state index contributed by atoms with van der Waals surface area (Å²) in [5.41, 5.74) is 3.68. The van der Waals surface area contributed by atoms with Crippen molar-refractivity contribution in [2.24, 2.45) is 0 Å². The number of nitrogens with one attached hydrogen (secondary N) is 3. The molecular weight excluding hydrogens is 356 g/mol.